The zero-order chi connectivity index (χ0) is 28.9. The minimum absolute atomic E-state index is 0.102. The topological polar surface area (TPSA) is 45.0 Å². The van der Waals surface area contributed by atoms with Crippen molar-refractivity contribution in [2.24, 2.45) is 21.8 Å². The van der Waals surface area contributed by atoms with Gasteiger partial charge in [-0.1, -0.05) is 44.7 Å². The molecule has 0 N–H and O–H groups in total. The Morgan fingerprint density at radius 2 is 1.92 bits per heavy atom. The highest BCUT2D eigenvalue weighted by molar-refractivity contribution is 6.20. The Kier molecular flexibility index (Phi) is 10.1. The molecule has 0 amide bonds. The number of hydrogen-bond acceptors (Lipinski definition) is 4. The first kappa shape index (κ1) is 30.1. The minimum atomic E-state index is -0.102. The molecule has 3 aliphatic rings. The summed E-state index contributed by atoms with van der Waals surface area (Å²) in [4.78, 5) is 25.1. The molecule has 0 aromatic carbocycles. The van der Waals surface area contributed by atoms with Gasteiger partial charge in [0.25, 0.3) is 0 Å². The molecule has 2 atom stereocenters. The highest BCUT2D eigenvalue weighted by Gasteiger charge is 2.22. The predicted molar refractivity (Wildman–Crippen MR) is 167 cm³/mol. The molecular weight excluding hydrogens is 478 g/mol. The Labute approximate surface area is 236 Å². The molecule has 1 unspecified atom stereocenters. The Hall–Kier alpha value is -3.49. The van der Waals surface area contributed by atoms with Crippen LogP contribution < -0.4 is 0 Å². The lowest BCUT2D eigenvalue weighted by molar-refractivity contribution is -0.111. The number of hydrogen-bond donors (Lipinski definition) is 0. The van der Waals surface area contributed by atoms with E-state index < -0.39 is 0 Å². The molecule has 1 saturated heterocycles. The molecule has 206 valence electrons. The zero-order valence-corrected chi connectivity index (χ0v) is 25.2. The number of nitrogens with zero attached hydrogens (tertiary/aromatic N) is 3. The molecule has 0 spiro atoms. The van der Waals surface area contributed by atoms with Crippen LogP contribution in [0.2, 0.25) is 0 Å². The third kappa shape index (κ3) is 7.55. The van der Waals surface area contributed by atoms with Crippen molar-refractivity contribution in [3.05, 3.63) is 99.7 Å². The van der Waals surface area contributed by atoms with Crippen LogP contribution in [0.4, 0.5) is 0 Å². The van der Waals surface area contributed by atoms with Gasteiger partial charge >= 0.3 is 0 Å². The first-order valence-electron chi connectivity index (χ1n) is 14.0. The van der Waals surface area contributed by atoms with Crippen LogP contribution in [-0.4, -0.2) is 42.2 Å². The second kappa shape index (κ2) is 13.0. The number of rotatable bonds is 5. The molecule has 2 heterocycles. The molecule has 4 nitrogen and oxygen atoms in total. The molecule has 39 heavy (non-hydrogen) atoms. The summed E-state index contributed by atoms with van der Waals surface area (Å²) in [7, 11) is 1.75. The van der Waals surface area contributed by atoms with Gasteiger partial charge in [0, 0.05) is 50.0 Å². The van der Waals surface area contributed by atoms with Crippen LogP contribution in [0.5, 0.6) is 0 Å². The summed E-state index contributed by atoms with van der Waals surface area (Å²) in [5, 5.41) is 0. The zero-order valence-electron chi connectivity index (χ0n) is 25.2. The lowest BCUT2D eigenvalue weighted by Gasteiger charge is -2.26. The van der Waals surface area contributed by atoms with Crippen LogP contribution in [0, 0.1) is 11.8 Å². The van der Waals surface area contributed by atoms with Gasteiger partial charge in [0.2, 0.25) is 0 Å². The van der Waals surface area contributed by atoms with Crippen molar-refractivity contribution >= 4 is 17.2 Å². The van der Waals surface area contributed by atoms with Gasteiger partial charge in [0.05, 0.1) is 11.4 Å². The maximum absolute atomic E-state index is 13.0. The van der Waals surface area contributed by atoms with Crippen molar-refractivity contribution in [1.29, 1.82) is 0 Å². The minimum Gasteiger partial charge on any atom is -0.371 e. The fourth-order valence-electron chi connectivity index (χ4n) is 5.43. The van der Waals surface area contributed by atoms with E-state index in [0.29, 0.717) is 29.3 Å². The maximum Gasteiger partial charge on any atom is 0.183 e. The normalized spacial score (nSPS) is 25.4. The largest absolute Gasteiger partial charge is 0.371 e. The van der Waals surface area contributed by atoms with E-state index in [1.54, 1.807) is 13.1 Å². The molecule has 0 radical (unpaired) electrons. The van der Waals surface area contributed by atoms with Crippen LogP contribution in [0.15, 0.2) is 110 Å². The number of aliphatic imine (C=N–C) groups is 2. The first-order chi connectivity index (χ1) is 18.4. The smallest absolute Gasteiger partial charge is 0.183 e. The highest BCUT2D eigenvalue weighted by Crippen LogP contribution is 2.29. The third-order valence-corrected chi connectivity index (χ3v) is 7.82. The quantitative estimate of drug-likeness (QED) is 0.120. The van der Waals surface area contributed by atoms with Crippen molar-refractivity contribution in [1.82, 2.24) is 4.90 Å². The molecule has 4 heteroatoms. The third-order valence-electron chi connectivity index (χ3n) is 7.82. The predicted octanol–water partition coefficient (Wildman–Crippen LogP) is 8.06. The van der Waals surface area contributed by atoms with Crippen LogP contribution >= 0.6 is 0 Å². The van der Waals surface area contributed by atoms with Crippen LogP contribution in [0.25, 0.3) is 0 Å². The molecule has 1 aliphatic carbocycles. The Morgan fingerprint density at radius 1 is 1.21 bits per heavy atom. The molecule has 0 saturated carbocycles. The molecule has 3 rings (SSSR count). The number of likely N-dealkylation sites (tertiary alicyclic amines) is 1. The van der Waals surface area contributed by atoms with Crippen molar-refractivity contribution in [2.45, 2.75) is 67.7 Å². The van der Waals surface area contributed by atoms with E-state index in [9.17, 15) is 4.79 Å². The highest BCUT2D eigenvalue weighted by atomic mass is 16.1. The molecule has 1 fully saturated rings. The van der Waals surface area contributed by atoms with Gasteiger partial charge in [-0.2, -0.15) is 0 Å². The van der Waals surface area contributed by atoms with Crippen LogP contribution in [-0.2, 0) is 4.79 Å². The van der Waals surface area contributed by atoms with E-state index in [2.05, 4.69) is 102 Å². The van der Waals surface area contributed by atoms with Gasteiger partial charge in [-0.05, 0) is 99.0 Å². The van der Waals surface area contributed by atoms with Crippen molar-refractivity contribution in [3.63, 3.8) is 0 Å². The number of carbonyl (C=O) groups excluding carboxylic acids is 1. The monoisotopic (exact) mass is 523 g/mol. The van der Waals surface area contributed by atoms with Crippen molar-refractivity contribution < 1.29 is 4.79 Å². The average molecular weight is 524 g/mol. The fraction of sp³-hybridized carbons (Fsp3) is 0.429. The van der Waals surface area contributed by atoms with Crippen molar-refractivity contribution in [2.75, 3.05) is 20.1 Å². The van der Waals surface area contributed by atoms with E-state index >= 15 is 0 Å². The summed E-state index contributed by atoms with van der Waals surface area (Å²) in [5.74, 6) is 0.649. The molecular formula is C35H45N3O. The molecule has 0 aromatic heterocycles. The van der Waals surface area contributed by atoms with Gasteiger partial charge in [0.1, 0.15) is 0 Å². The van der Waals surface area contributed by atoms with Crippen LogP contribution in [0.3, 0.4) is 0 Å². The van der Waals surface area contributed by atoms with E-state index in [-0.39, 0.29) is 11.7 Å². The standard InChI is InChI=1S/C35H45N3O/c1-11-30(38-13-12-22(2)14-23(3)21-38)17-28(8)32-18-29(9)35(39)20-34(37-32)33(36-10)19-31-26(6)15-24(4)25(5)16-27(31)7/h11,15,17,19-20,23,26H,2,9,12-14,18,21H2,1,3-8,10H3/b28-17-,30-11+,31-19+,36-33?/t23-,26?/m0/s1. The van der Waals surface area contributed by atoms with E-state index in [0.717, 1.165) is 53.9 Å². The maximum atomic E-state index is 13.0. The first-order valence-corrected chi connectivity index (χ1v) is 14.0. The van der Waals surface area contributed by atoms with E-state index in [4.69, 9.17) is 4.99 Å². The summed E-state index contributed by atoms with van der Waals surface area (Å²) in [5.41, 5.74) is 14.2. The fourth-order valence-corrected chi connectivity index (χ4v) is 5.43. The van der Waals surface area contributed by atoms with Gasteiger partial charge < -0.3 is 4.90 Å². The lowest BCUT2D eigenvalue weighted by Crippen LogP contribution is -2.26. The summed E-state index contributed by atoms with van der Waals surface area (Å²) in [6, 6.07) is 0. The molecule has 0 aromatic rings. The number of carbonyl (C=O) groups is 1. The van der Waals surface area contributed by atoms with E-state index in [1.807, 2.05) is 0 Å². The second-order valence-corrected chi connectivity index (χ2v) is 11.3. The van der Waals surface area contributed by atoms with Crippen molar-refractivity contribution in [3.8, 4) is 0 Å². The summed E-state index contributed by atoms with van der Waals surface area (Å²) in [6.45, 7) is 25.2. The molecule has 0 bridgehead atoms. The average Bonchev–Trinajstić information content (AvgIpc) is 3.18. The number of ketones is 1. The molecule has 2 aliphatic heterocycles. The van der Waals surface area contributed by atoms with Gasteiger partial charge in [-0.15, -0.1) is 5.73 Å². The lowest BCUT2D eigenvalue weighted by atomic mass is 9.93. The second-order valence-electron chi connectivity index (χ2n) is 11.3. The summed E-state index contributed by atoms with van der Waals surface area (Å²) in [6.07, 6.45) is 12.8. The Bertz CT molecular complexity index is 1350. The van der Waals surface area contributed by atoms with Gasteiger partial charge in [0.15, 0.2) is 5.78 Å². The summed E-state index contributed by atoms with van der Waals surface area (Å²) < 4.78 is 0. The Balaban J connectivity index is 2.02. The summed E-state index contributed by atoms with van der Waals surface area (Å²) >= 11 is 0. The van der Waals surface area contributed by atoms with Gasteiger partial charge in [-0.3, -0.25) is 14.8 Å². The van der Waals surface area contributed by atoms with Gasteiger partial charge in [-0.25, -0.2) is 0 Å². The van der Waals surface area contributed by atoms with E-state index in [1.165, 1.54) is 16.8 Å². The Morgan fingerprint density at radius 3 is 2.59 bits per heavy atom. The van der Waals surface area contributed by atoms with Crippen LogP contribution in [0.1, 0.15) is 67.7 Å². The SMILES string of the molecule is C=C1CCN(C(/C=C(/C)C2=NC(C(/C=C3/C(C)=C=C(C)C(C)=CC3C)=NC)=CC(=O)C(=C)C2)=C/C)C[C@@H](C)C1. The number of allylic oxidation sites excluding steroid dienone is 10.